The predicted molar refractivity (Wildman–Crippen MR) is 86.5 cm³/mol. The summed E-state index contributed by atoms with van der Waals surface area (Å²) in [6, 6.07) is -0.843. The summed E-state index contributed by atoms with van der Waals surface area (Å²) in [5.74, 6) is -2.24. The van der Waals surface area contributed by atoms with Crippen LogP contribution in [0.1, 0.15) is 40.0 Å². The van der Waals surface area contributed by atoms with Crippen LogP contribution in [0.4, 0.5) is 0 Å². The van der Waals surface area contributed by atoms with E-state index >= 15 is 0 Å². The Kier molecular flexibility index (Phi) is 7.09. The third kappa shape index (κ3) is 6.49. The minimum atomic E-state index is -0.843. The van der Waals surface area contributed by atoms with E-state index < -0.39 is 41.9 Å². The first kappa shape index (κ1) is 19.8. The van der Waals surface area contributed by atoms with Gasteiger partial charge >= 0.3 is 5.97 Å². The van der Waals surface area contributed by atoms with Gasteiger partial charge in [-0.3, -0.25) is 19.3 Å². The fraction of sp³-hybridized carbons (Fsp3) is 0.625. The van der Waals surface area contributed by atoms with Gasteiger partial charge in [0, 0.05) is 12.2 Å². The molecule has 0 fully saturated rings. The molecule has 1 rings (SSSR count). The average molecular weight is 339 g/mol. The number of amides is 3. The summed E-state index contributed by atoms with van der Waals surface area (Å²) < 4.78 is 5.30. The number of esters is 1. The Morgan fingerprint density at radius 1 is 1.21 bits per heavy atom. The second-order valence-electron chi connectivity index (χ2n) is 6.53. The van der Waals surface area contributed by atoms with E-state index in [2.05, 4.69) is 5.32 Å². The second kappa shape index (κ2) is 8.58. The number of ether oxygens (including phenoxy) is 1. The molecule has 1 aliphatic heterocycles. The summed E-state index contributed by atoms with van der Waals surface area (Å²) in [6.45, 7) is 5.25. The number of rotatable bonds is 8. The number of nitrogens with two attached hydrogens (primary N) is 1. The van der Waals surface area contributed by atoms with Crippen LogP contribution in [0.5, 0.6) is 0 Å². The maximum absolute atomic E-state index is 12.2. The summed E-state index contributed by atoms with van der Waals surface area (Å²) in [5.41, 5.74) is 4.76. The average Bonchev–Trinajstić information content (AvgIpc) is 2.76. The fourth-order valence-electron chi connectivity index (χ4n) is 2.09. The molecule has 0 aromatic rings. The molecule has 1 heterocycles. The summed E-state index contributed by atoms with van der Waals surface area (Å²) in [5, 5.41) is 2.54. The molecule has 0 saturated heterocycles. The molecule has 0 spiro atoms. The zero-order chi connectivity index (χ0) is 18.3. The van der Waals surface area contributed by atoms with Crippen molar-refractivity contribution >= 4 is 23.7 Å². The third-order valence-electron chi connectivity index (χ3n) is 3.18. The zero-order valence-corrected chi connectivity index (χ0v) is 14.3. The molecule has 24 heavy (non-hydrogen) atoms. The zero-order valence-electron chi connectivity index (χ0n) is 14.3. The molecule has 0 unspecified atom stereocenters. The maximum Gasteiger partial charge on any atom is 0.329 e. The van der Waals surface area contributed by atoms with Crippen LogP contribution in [0.25, 0.3) is 0 Å². The topological polar surface area (TPSA) is 119 Å². The lowest BCUT2D eigenvalue weighted by atomic mass is 10.1. The standard InChI is InChI=1S/C16H25N3O5/c1-16(2,3)24-15(23)11(6-4-5-9-17)18-12(20)10-19-13(21)7-8-14(19)22/h7-8,11H,4-6,9-10,17H2,1-3H3,(H,18,20)/t11-/m0/s1. The Bertz CT molecular complexity index is 518. The molecule has 1 aliphatic rings. The SMILES string of the molecule is CC(C)(C)OC(=O)[C@H](CCCCN)NC(=O)CN1C(=O)C=CC1=O. The highest BCUT2D eigenvalue weighted by Gasteiger charge is 2.29. The van der Waals surface area contributed by atoms with Crippen LogP contribution >= 0.6 is 0 Å². The van der Waals surface area contributed by atoms with Crippen molar-refractivity contribution in [1.82, 2.24) is 10.2 Å². The lowest BCUT2D eigenvalue weighted by molar-refractivity contribution is -0.159. The van der Waals surface area contributed by atoms with Crippen molar-refractivity contribution in [2.75, 3.05) is 13.1 Å². The number of hydrogen-bond acceptors (Lipinski definition) is 6. The molecular weight excluding hydrogens is 314 g/mol. The van der Waals surface area contributed by atoms with Crippen LogP contribution in [0.3, 0.4) is 0 Å². The first-order valence-electron chi connectivity index (χ1n) is 7.90. The van der Waals surface area contributed by atoms with Crippen LogP contribution in [-0.2, 0) is 23.9 Å². The number of carbonyl (C=O) groups is 4. The highest BCUT2D eigenvalue weighted by molar-refractivity contribution is 6.14. The van der Waals surface area contributed by atoms with Gasteiger partial charge in [0.05, 0.1) is 0 Å². The predicted octanol–water partition coefficient (Wildman–Crippen LogP) is -0.133. The van der Waals surface area contributed by atoms with Gasteiger partial charge < -0.3 is 15.8 Å². The number of imide groups is 1. The van der Waals surface area contributed by atoms with Gasteiger partial charge in [-0.25, -0.2) is 4.79 Å². The van der Waals surface area contributed by atoms with Crippen molar-refractivity contribution in [3.63, 3.8) is 0 Å². The molecular formula is C16H25N3O5. The summed E-state index contributed by atoms with van der Waals surface area (Å²) >= 11 is 0. The molecule has 134 valence electrons. The summed E-state index contributed by atoms with van der Waals surface area (Å²) in [7, 11) is 0. The van der Waals surface area contributed by atoms with Gasteiger partial charge in [-0.1, -0.05) is 0 Å². The minimum Gasteiger partial charge on any atom is -0.458 e. The molecule has 0 aliphatic carbocycles. The normalized spacial score (nSPS) is 15.6. The van der Waals surface area contributed by atoms with E-state index in [1.165, 1.54) is 0 Å². The van der Waals surface area contributed by atoms with Crippen molar-refractivity contribution in [3.05, 3.63) is 12.2 Å². The van der Waals surface area contributed by atoms with Crippen LogP contribution in [-0.4, -0.2) is 53.3 Å². The molecule has 0 saturated carbocycles. The summed E-state index contributed by atoms with van der Waals surface area (Å²) in [6.07, 6.45) is 3.93. The van der Waals surface area contributed by atoms with Crippen LogP contribution in [0.15, 0.2) is 12.2 Å². The lowest BCUT2D eigenvalue weighted by Gasteiger charge is -2.25. The van der Waals surface area contributed by atoms with Crippen molar-refractivity contribution in [1.29, 1.82) is 0 Å². The Morgan fingerprint density at radius 3 is 2.29 bits per heavy atom. The largest absolute Gasteiger partial charge is 0.458 e. The molecule has 3 amide bonds. The van der Waals surface area contributed by atoms with Gasteiger partial charge in [0.25, 0.3) is 11.8 Å². The minimum absolute atomic E-state index is 0.373. The molecule has 0 radical (unpaired) electrons. The first-order valence-corrected chi connectivity index (χ1v) is 7.90. The molecule has 0 bridgehead atoms. The van der Waals surface area contributed by atoms with Crippen LogP contribution in [0.2, 0.25) is 0 Å². The monoisotopic (exact) mass is 339 g/mol. The number of nitrogens with one attached hydrogen (secondary N) is 1. The Labute approximate surface area is 141 Å². The molecule has 8 nitrogen and oxygen atoms in total. The Balaban J connectivity index is 2.65. The number of nitrogens with zero attached hydrogens (tertiary/aromatic N) is 1. The van der Waals surface area contributed by atoms with Crippen LogP contribution in [0, 0.1) is 0 Å². The molecule has 0 aromatic carbocycles. The molecule has 3 N–H and O–H groups in total. The van der Waals surface area contributed by atoms with Crippen molar-refractivity contribution in [2.24, 2.45) is 5.73 Å². The van der Waals surface area contributed by atoms with E-state index in [-0.39, 0.29) is 0 Å². The van der Waals surface area contributed by atoms with Crippen molar-refractivity contribution in [3.8, 4) is 0 Å². The van der Waals surface area contributed by atoms with Gasteiger partial charge in [-0.05, 0) is 46.6 Å². The van der Waals surface area contributed by atoms with E-state index in [1.54, 1.807) is 20.8 Å². The lowest BCUT2D eigenvalue weighted by Crippen LogP contribution is -2.48. The second-order valence-corrected chi connectivity index (χ2v) is 6.53. The van der Waals surface area contributed by atoms with E-state index in [9.17, 15) is 19.2 Å². The van der Waals surface area contributed by atoms with Gasteiger partial charge in [-0.15, -0.1) is 0 Å². The number of unbranched alkanes of at least 4 members (excludes halogenated alkanes) is 1. The van der Waals surface area contributed by atoms with Gasteiger partial charge in [-0.2, -0.15) is 0 Å². The maximum atomic E-state index is 12.2. The van der Waals surface area contributed by atoms with Crippen molar-refractivity contribution < 1.29 is 23.9 Å². The highest BCUT2D eigenvalue weighted by atomic mass is 16.6. The van der Waals surface area contributed by atoms with Crippen LogP contribution < -0.4 is 11.1 Å². The molecule has 1 atom stereocenters. The number of hydrogen-bond donors (Lipinski definition) is 2. The van der Waals surface area contributed by atoms with Gasteiger partial charge in [0.1, 0.15) is 18.2 Å². The first-order chi connectivity index (χ1) is 11.1. The smallest absolute Gasteiger partial charge is 0.329 e. The molecule has 8 heteroatoms. The summed E-state index contributed by atoms with van der Waals surface area (Å²) in [4.78, 5) is 48.1. The van der Waals surface area contributed by atoms with Crippen molar-refractivity contribution in [2.45, 2.75) is 51.7 Å². The van der Waals surface area contributed by atoms with E-state index in [1.807, 2.05) is 0 Å². The van der Waals surface area contributed by atoms with Gasteiger partial charge in [0.2, 0.25) is 5.91 Å². The number of carbonyl (C=O) groups excluding carboxylic acids is 4. The van der Waals surface area contributed by atoms with E-state index in [4.69, 9.17) is 10.5 Å². The van der Waals surface area contributed by atoms with E-state index in [0.717, 1.165) is 17.1 Å². The quantitative estimate of drug-likeness (QED) is 0.361. The fourth-order valence-corrected chi connectivity index (χ4v) is 2.09. The third-order valence-corrected chi connectivity index (χ3v) is 3.18. The molecule has 0 aromatic heterocycles. The van der Waals surface area contributed by atoms with E-state index in [0.29, 0.717) is 25.8 Å². The Hall–Kier alpha value is -2.22. The van der Waals surface area contributed by atoms with Gasteiger partial charge in [0.15, 0.2) is 0 Å². The Morgan fingerprint density at radius 2 is 1.79 bits per heavy atom. The highest BCUT2D eigenvalue weighted by Crippen LogP contribution is 2.12.